The number of fused-ring (bicyclic) bond motifs is 3. The van der Waals surface area contributed by atoms with Crippen molar-refractivity contribution in [2.45, 2.75) is 107 Å². The highest BCUT2D eigenvalue weighted by Crippen LogP contribution is 2.44. The van der Waals surface area contributed by atoms with Gasteiger partial charge in [-0.15, -0.1) is 0 Å². The molecular formula is C60H75F2N11O7. The Hall–Kier alpha value is -6.61. The number of carbonyl (C=O) groups is 3. The van der Waals surface area contributed by atoms with Gasteiger partial charge < -0.3 is 34.4 Å². The summed E-state index contributed by atoms with van der Waals surface area (Å²) in [7, 11) is 5.16. The standard InChI is InChI=1S/C34H37F2N5O3.C24H32N6O3.C2H6O/c1-2-22-24(35)7-6-20-16-21(42)17-23(26(20)22)29-28(36)30-27-25(37-29)8-12-33(9-5-15-43-18-33)40-31(27)39-32(38-30)44-19-34-10-3-13-41(34)14-4-11-34;1-27-21-14-18(2-3-19(21)23(26-27)20-4-5-22(32)25-24(20)33)30-12-10-28(11-13-30)15-17-6-8-29(16-31)9-7-17;1-3-2/h6-7,16-17,42H,2-5,8-15,18-19H2,1H3,(H,38,39,40);2-3,14,16-17,20H,4-13,15H2,1H3,(H,25,32,33);1-2H3. The number of amides is 3. The molecule has 2 unspecified atom stereocenters. The molecule has 0 saturated carbocycles. The van der Waals surface area contributed by atoms with Crippen molar-refractivity contribution in [3.05, 3.63) is 71.1 Å². The van der Waals surface area contributed by atoms with E-state index in [-0.39, 0.29) is 57.6 Å². The largest absolute Gasteiger partial charge is 0.508 e. The minimum Gasteiger partial charge on any atom is -0.508 e. The molecule has 3 aromatic heterocycles. The second-order valence-corrected chi connectivity index (χ2v) is 23.0. The highest BCUT2D eigenvalue weighted by Gasteiger charge is 2.45. The van der Waals surface area contributed by atoms with Gasteiger partial charge >= 0.3 is 6.01 Å². The molecule has 0 bridgehead atoms. The van der Waals surface area contributed by atoms with Crippen LogP contribution in [0.5, 0.6) is 11.8 Å². The molecule has 2 atom stereocenters. The third kappa shape index (κ3) is 11.0. The molecule has 3 aromatic carbocycles. The van der Waals surface area contributed by atoms with E-state index >= 15 is 8.78 Å². The van der Waals surface area contributed by atoms with E-state index < -0.39 is 5.82 Å². The SMILES string of the molecule is CCc1c(F)ccc2cc(O)cc(-c3nc4c5c(nc(OCC67CCCN6CCC7)nc5c3F)NC3(CCCOC3)CC4)c12.COC.Cn1nc(C2CCC(=O)NC2=O)c2ccc(N3CCN(CC4CCN(C=O)CC4)CC3)cc21. The van der Waals surface area contributed by atoms with Gasteiger partial charge in [0.05, 0.1) is 45.9 Å². The lowest BCUT2D eigenvalue weighted by atomic mass is 9.87. The molecule has 7 aliphatic heterocycles. The van der Waals surface area contributed by atoms with Crippen molar-refractivity contribution in [2.24, 2.45) is 13.0 Å². The van der Waals surface area contributed by atoms with Crippen molar-refractivity contribution in [3.63, 3.8) is 0 Å². The summed E-state index contributed by atoms with van der Waals surface area (Å²) >= 11 is 0. The lowest BCUT2D eigenvalue weighted by molar-refractivity contribution is -0.134. The molecule has 13 rings (SSSR count). The van der Waals surface area contributed by atoms with Gasteiger partial charge in [-0.3, -0.25) is 34.2 Å². The first-order valence-electron chi connectivity index (χ1n) is 28.8. The zero-order valence-electron chi connectivity index (χ0n) is 46.6. The lowest BCUT2D eigenvalue weighted by Gasteiger charge is -2.39. The van der Waals surface area contributed by atoms with Crippen LogP contribution in [0.1, 0.15) is 100 Å². The molecule has 426 valence electrons. The van der Waals surface area contributed by atoms with Crippen molar-refractivity contribution in [3.8, 4) is 23.0 Å². The number of carbonyl (C=O) groups excluding carboxylic acids is 3. The first-order valence-corrected chi connectivity index (χ1v) is 28.8. The molecule has 1 spiro atoms. The maximum atomic E-state index is 16.9. The van der Waals surface area contributed by atoms with Gasteiger partial charge in [0.15, 0.2) is 5.82 Å². The average molecular weight is 1100 g/mol. The molecule has 0 radical (unpaired) electrons. The maximum Gasteiger partial charge on any atom is 0.319 e. The van der Waals surface area contributed by atoms with Crippen LogP contribution in [0.2, 0.25) is 0 Å². The fourth-order valence-electron chi connectivity index (χ4n) is 13.7. The number of aryl methyl sites for hydroxylation is 3. The molecular weight excluding hydrogens is 1020 g/mol. The predicted octanol–water partition coefficient (Wildman–Crippen LogP) is 7.65. The molecule has 7 aliphatic rings. The van der Waals surface area contributed by atoms with Crippen LogP contribution in [-0.2, 0) is 43.7 Å². The highest BCUT2D eigenvalue weighted by atomic mass is 19.1. The smallest absolute Gasteiger partial charge is 0.319 e. The third-order valence-corrected chi connectivity index (χ3v) is 17.9. The molecule has 20 heteroatoms. The number of methoxy groups -OCH3 is 1. The van der Waals surface area contributed by atoms with E-state index in [1.807, 2.05) is 23.6 Å². The Labute approximate surface area is 465 Å². The number of phenolic OH excluding ortho intramolecular Hbond substituents is 1. The Balaban J connectivity index is 0.000000167. The minimum absolute atomic E-state index is 0.0213. The number of anilines is 2. The molecule has 6 fully saturated rings. The summed E-state index contributed by atoms with van der Waals surface area (Å²) in [4.78, 5) is 58.6. The molecule has 80 heavy (non-hydrogen) atoms. The maximum absolute atomic E-state index is 16.9. The van der Waals surface area contributed by atoms with E-state index in [9.17, 15) is 19.5 Å². The van der Waals surface area contributed by atoms with E-state index in [0.29, 0.717) is 90.2 Å². The second-order valence-electron chi connectivity index (χ2n) is 23.0. The van der Waals surface area contributed by atoms with Crippen LogP contribution in [0.4, 0.5) is 20.3 Å². The fraction of sp³-hybridized carbons (Fsp3) is 0.550. The van der Waals surface area contributed by atoms with Crippen LogP contribution in [-0.4, -0.2) is 167 Å². The molecule has 10 heterocycles. The Morgan fingerprint density at radius 2 is 1.65 bits per heavy atom. The molecule has 3 amide bonds. The summed E-state index contributed by atoms with van der Waals surface area (Å²) < 4.78 is 50.4. The molecule has 3 N–H and O–H groups in total. The van der Waals surface area contributed by atoms with Crippen molar-refractivity contribution in [2.75, 3.05) is 103 Å². The summed E-state index contributed by atoms with van der Waals surface area (Å²) in [5, 5.41) is 24.1. The summed E-state index contributed by atoms with van der Waals surface area (Å²) in [6, 6.07) is 12.5. The van der Waals surface area contributed by atoms with Crippen LogP contribution in [0.25, 0.3) is 43.8 Å². The van der Waals surface area contributed by atoms with Crippen LogP contribution >= 0.6 is 0 Å². The van der Waals surface area contributed by atoms with E-state index in [1.54, 1.807) is 26.4 Å². The first-order chi connectivity index (χ1) is 38.8. The number of pyridine rings is 1. The highest BCUT2D eigenvalue weighted by molar-refractivity contribution is 6.04. The normalized spacial score (nSPS) is 22.4. The molecule has 18 nitrogen and oxygen atoms in total. The van der Waals surface area contributed by atoms with E-state index in [0.717, 1.165) is 140 Å². The van der Waals surface area contributed by atoms with E-state index in [4.69, 9.17) is 24.4 Å². The lowest BCUT2D eigenvalue weighted by Crippen LogP contribution is -2.48. The summed E-state index contributed by atoms with van der Waals surface area (Å²) in [6.07, 6.45) is 11.9. The number of aromatic nitrogens is 5. The van der Waals surface area contributed by atoms with E-state index in [2.05, 4.69) is 53.4 Å². The van der Waals surface area contributed by atoms with Crippen molar-refractivity contribution < 1.29 is 42.5 Å². The number of halogens is 2. The number of benzene rings is 3. The number of rotatable bonds is 10. The number of aromatic hydroxyl groups is 1. The van der Waals surface area contributed by atoms with Gasteiger partial charge in [0.1, 0.15) is 35.2 Å². The summed E-state index contributed by atoms with van der Waals surface area (Å²) in [6.45, 7) is 12.6. The number of phenols is 1. The van der Waals surface area contributed by atoms with Crippen molar-refractivity contribution >= 4 is 62.3 Å². The van der Waals surface area contributed by atoms with Gasteiger partial charge in [0, 0.05) is 96.7 Å². The number of nitrogens with zero attached hydrogens (tertiary/aromatic N) is 9. The van der Waals surface area contributed by atoms with Gasteiger partial charge in [-0.2, -0.15) is 15.1 Å². The van der Waals surface area contributed by atoms with Crippen molar-refractivity contribution in [1.82, 2.24) is 44.7 Å². The quantitative estimate of drug-likeness (QED) is 0.0894. The zero-order valence-corrected chi connectivity index (χ0v) is 46.6. The fourth-order valence-corrected chi connectivity index (χ4v) is 13.7. The number of nitrogens with one attached hydrogen (secondary N) is 2. The molecule has 0 aliphatic carbocycles. The minimum atomic E-state index is -0.644. The Morgan fingerprint density at radius 3 is 2.36 bits per heavy atom. The summed E-state index contributed by atoms with van der Waals surface area (Å²) in [5.74, 6) is -0.695. The van der Waals surface area contributed by atoms with Gasteiger partial charge in [0.2, 0.25) is 18.2 Å². The van der Waals surface area contributed by atoms with Gasteiger partial charge in [0.25, 0.3) is 0 Å². The van der Waals surface area contributed by atoms with Gasteiger partial charge in [-0.05, 0) is 149 Å². The Kier molecular flexibility index (Phi) is 16.2. The number of piperazine rings is 1. The van der Waals surface area contributed by atoms with Crippen LogP contribution in [0, 0.1) is 17.6 Å². The van der Waals surface area contributed by atoms with E-state index in [1.165, 1.54) is 17.8 Å². The number of piperidine rings is 2. The predicted molar refractivity (Wildman–Crippen MR) is 302 cm³/mol. The average Bonchev–Trinajstić information content (AvgIpc) is 4.24. The molecule has 6 aromatic rings. The zero-order chi connectivity index (χ0) is 55.7. The number of hydrogen-bond acceptors (Lipinski definition) is 15. The first kappa shape index (κ1) is 55.3. The summed E-state index contributed by atoms with van der Waals surface area (Å²) in [5.41, 5.74) is 4.17. The van der Waals surface area contributed by atoms with Crippen molar-refractivity contribution in [1.29, 1.82) is 0 Å². The Bertz CT molecular complexity index is 3270. The van der Waals surface area contributed by atoms with Crippen LogP contribution in [0.3, 0.4) is 0 Å². The van der Waals surface area contributed by atoms with Gasteiger partial charge in [-0.1, -0.05) is 13.0 Å². The number of imide groups is 1. The number of ether oxygens (including phenoxy) is 3. The van der Waals surface area contributed by atoms with Gasteiger partial charge in [-0.25, -0.2) is 13.8 Å². The second kappa shape index (κ2) is 23.5. The monoisotopic (exact) mass is 1100 g/mol. The van der Waals surface area contributed by atoms with Crippen LogP contribution < -0.4 is 20.3 Å². The number of likely N-dealkylation sites (tertiary alicyclic amines) is 1. The third-order valence-electron chi connectivity index (χ3n) is 17.9. The van der Waals surface area contributed by atoms with Crippen LogP contribution in [0.15, 0.2) is 42.5 Å². The molecule has 6 saturated heterocycles. The topological polar surface area (TPSA) is 193 Å². The Morgan fingerprint density at radius 1 is 0.875 bits per heavy atom. The number of hydrogen-bond donors (Lipinski definition) is 3.